The second-order valence-electron chi connectivity index (χ2n) is 1.79. The van der Waals surface area contributed by atoms with E-state index in [-0.39, 0.29) is 0 Å². The first-order valence-corrected chi connectivity index (χ1v) is 2.71. The Morgan fingerprint density at radius 3 is 2.89 bits per heavy atom. The number of carboxylic acids is 1. The normalized spacial score (nSPS) is 17.1. The molecule has 0 saturated carbocycles. The number of dihydropyridines is 1. The molecule has 1 aliphatic heterocycles. The summed E-state index contributed by atoms with van der Waals surface area (Å²) in [6.45, 7) is 0.516. The van der Waals surface area contributed by atoms with Crippen LogP contribution in [0.3, 0.4) is 0 Å². The number of carboxylic acid groups (broad SMARTS) is 1. The molecule has 0 bridgehead atoms. The molecule has 48 valence electrons. The second kappa shape index (κ2) is 2.44. The van der Waals surface area contributed by atoms with Gasteiger partial charge < -0.3 is 5.11 Å². The van der Waals surface area contributed by atoms with Crippen LogP contribution >= 0.6 is 0 Å². The van der Waals surface area contributed by atoms with E-state index in [0.717, 1.165) is 0 Å². The van der Waals surface area contributed by atoms with Gasteiger partial charge in [-0.15, -0.1) is 0 Å². The summed E-state index contributed by atoms with van der Waals surface area (Å²) >= 11 is 0. The van der Waals surface area contributed by atoms with Gasteiger partial charge in [-0.25, -0.2) is 4.79 Å². The number of carbonyl (C=O) groups is 1. The lowest BCUT2D eigenvalue weighted by molar-refractivity contribution is -0.132. The molecule has 0 aliphatic carbocycles. The summed E-state index contributed by atoms with van der Waals surface area (Å²) in [5, 5.41) is 8.41. The SMILES string of the molecule is O=C(O)C1=CCN=CC1. The van der Waals surface area contributed by atoms with Crippen molar-refractivity contribution in [3.05, 3.63) is 11.6 Å². The van der Waals surface area contributed by atoms with Crippen molar-refractivity contribution in [3.8, 4) is 0 Å². The minimum Gasteiger partial charge on any atom is -0.478 e. The van der Waals surface area contributed by atoms with Crippen molar-refractivity contribution >= 4 is 12.2 Å². The molecule has 0 atom stereocenters. The van der Waals surface area contributed by atoms with Crippen LogP contribution < -0.4 is 0 Å². The van der Waals surface area contributed by atoms with Crippen LogP contribution in [0, 0.1) is 0 Å². The van der Waals surface area contributed by atoms with Gasteiger partial charge in [0, 0.05) is 18.2 Å². The Morgan fingerprint density at radius 1 is 1.78 bits per heavy atom. The van der Waals surface area contributed by atoms with Gasteiger partial charge in [0.2, 0.25) is 0 Å². The van der Waals surface area contributed by atoms with Crippen LogP contribution in [-0.2, 0) is 4.79 Å². The Balaban J connectivity index is 2.61. The van der Waals surface area contributed by atoms with Crippen LogP contribution in [0.4, 0.5) is 0 Å². The van der Waals surface area contributed by atoms with Gasteiger partial charge in [-0.2, -0.15) is 0 Å². The lowest BCUT2D eigenvalue weighted by atomic mass is 10.1. The molecule has 0 radical (unpaired) electrons. The van der Waals surface area contributed by atoms with Gasteiger partial charge in [0.25, 0.3) is 0 Å². The van der Waals surface area contributed by atoms with Gasteiger partial charge in [-0.3, -0.25) is 4.99 Å². The van der Waals surface area contributed by atoms with Crippen LogP contribution in [0.2, 0.25) is 0 Å². The Labute approximate surface area is 52.7 Å². The zero-order valence-electron chi connectivity index (χ0n) is 4.87. The van der Waals surface area contributed by atoms with Gasteiger partial charge in [0.15, 0.2) is 0 Å². The summed E-state index contributed by atoms with van der Waals surface area (Å²) in [4.78, 5) is 14.1. The number of rotatable bonds is 1. The zero-order valence-corrected chi connectivity index (χ0v) is 4.87. The second-order valence-corrected chi connectivity index (χ2v) is 1.79. The highest BCUT2D eigenvalue weighted by atomic mass is 16.4. The number of aliphatic carboxylic acids is 1. The average molecular weight is 125 g/mol. The summed E-state index contributed by atoms with van der Waals surface area (Å²) in [6, 6.07) is 0. The maximum atomic E-state index is 10.2. The van der Waals surface area contributed by atoms with E-state index < -0.39 is 5.97 Å². The topological polar surface area (TPSA) is 49.7 Å². The third kappa shape index (κ3) is 1.38. The smallest absolute Gasteiger partial charge is 0.331 e. The summed E-state index contributed by atoms with van der Waals surface area (Å²) in [5.74, 6) is -0.832. The lowest BCUT2D eigenvalue weighted by Gasteiger charge is -1.99. The van der Waals surface area contributed by atoms with Crippen LogP contribution in [0.1, 0.15) is 6.42 Å². The van der Waals surface area contributed by atoms with E-state index in [2.05, 4.69) is 4.99 Å². The van der Waals surface area contributed by atoms with Crippen LogP contribution in [0.25, 0.3) is 0 Å². The van der Waals surface area contributed by atoms with Crippen molar-refractivity contribution in [2.24, 2.45) is 4.99 Å². The third-order valence-corrected chi connectivity index (χ3v) is 1.16. The van der Waals surface area contributed by atoms with Gasteiger partial charge in [-0.1, -0.05) is 6.08 Å². The predicted octanol–water partition coefficient (Wildman–Crippen LogP) is 0.472. The molecule has 0 spiro atoms. The predicted molar refractivity (Wildman–Crippen MR) is 33.7 cm³/mol. The standard InChI is InChI=1S/C6H7NO2/c8-6(9)5-1-3-7-4-2-5/h1,4H,2-3H2,(H,8,9). The molecule has 0 unspecified atom stereocenters. The van der Waals surface area contributed by atoms with E-state index in [1.807, 2.05) is 0 Å². The van der Waals surface area contributed by atoms with Crippen molar-refractivity contribution in [2.45, 2.75) is 6.42 Å². The zero-order chi connectivity index (χ0) is 6.69. The quantitative estimate of drug-likeness (QED) is 0.553. The maximum Gasteiger partial charge on any atom is 0.331 e. The molecule has 0 aromatic carbocycles. The van der Waals surface area contributed by atoms with E-state index in [1.54, 1.807) is 12.3 Å². The van der Waals surface area contributed by atoms with E-state index in [1.165, 1.54) is 0 Å². The highest BCUT2D eigenvalue weighted by Crippen LogP contribution is 2.02. The molecule has 0 aromatic rings. The van der Waals surface area contributed by atoms with E-state index in [9.17, 15) is 4.79 Å². The Morgan fingerprint density at radius 2 is 2.56 bits per heavy atom. The maximum absolute atomic E-state index is 10.2. The molecule has 0 amide bonds. The van der Waals surface area contributed by atoms with E-state index in [0.29, 0.717) is 18.5 Å². The number of aliphatic imine (C=N–C) groups is 1. The molecule has 1 aliphatic rings. The minimum atomic E-state index is -0.832. The molecule has 1 rings (SSSR count). The molecular formula is C6H7NO2. The van der Waals surface area contributed by atoms with Crippen molar-refractivity contribution in [3.63, 3.8) is 0 Å². The monoisotopic (exact) mass is 125 g/mol. The average Bonchev–Trinajstić information content (AvgIpc) is 1.90. The van der Waals surface area contributed by atoms with E-state index in [4.69, 9.17) is 5.11 Å². The molecular weight excluding hydrogens is 118 g/mol. The Hall–Kier alpha value is -1.12. The molecule has 0 saturated heterocycles. The van der Waals surface area contributed by atoms with Crippen molar-refractivity contribution in [1.29, 1.82) is 0 Å². The highest BCUT2D eigenvalue weighted by molar-refractivity contribution is 5.91. The van der Waals surface area contributed by atoms with Crippen LogP contribution in [0.15, 0.2) is 16.6 Å². The van der Waals surface area contributed by atoms with Gasteiger partial charge in [0.1, 0.15) is 0 Å². The van der Waals surface area contributed by atoms with Crippen LogP contribution in [-0.4, -0.2) is 23.8 Å². The fraction of sp³-hybridized carbons (Fsp3) is 0.333. The molecule has 0 fully saturated rings. The largest absolute Gasteiger partial charge is 0.478 e. The first-order chi connectivity index (χ1) is 4.30. The molecule has 3 nitrogen and oxygen atoms in total. The Kier molecular flexibility index (Phi) is 1.63. The molecule has 1 heterocycles. The fourth-order valence-corrected chi connectivity index (χ4v) is 0.658. The van der Waals surface area contributed by atoms with Crippen LogP contribution in [0.5, 0.6) is 0 Å². The van der Waals surface area contributed by atoms with Crippen molar-refractivity contribution in [1.82, 2.24) is 0 Å². The highest BCUT2D eigenvalue weighted by Gasteiger charge is 2.05. The Bertz CT molecular complexity index is 181. The fourth-order valence-electron chi connectivity index (χ4n) is 0.658. The molecule has 3 heteroatoms. The van der Waals surface area contributed by atoms with Crippen molar-refractivity contribution in [2.75, 3.05) is 6.54 Å². The van der Waals surface area contributed by atoms with Crippen molar-refractivity contribution < 1.29 is 9.90 Å². The first-order valence-electron chi connectivity index (χ1n) is 2.71. The van der Waals surface area contributed by atoms with Gasteiger partial charge in [-0.05, 0) is 0 Å². The summed E-state index contributed by atoms with van der Waals surface area (Å²) in [7, 11) is 0. The lowest BCUT2D eigenvalue weighted by Crippen LogP contribution is -2.04. The number of hydrogen-bond donors (Lipinski definition) is 1. The molecule has 1 N–H and O–H groups in total. The van der Waals surface area contributed by atoms with Gasteiger partial charge >= 0.3 is 5.97 Å². The first kappa shape index (κ1) is 6.01. The summed E-state index contributed by atoms with van der Waals surface area (Å²) in [6.07, 6.45) is 3.72. The minimum absolute atomic E-state index is 0.449. The summed E-state index contributed by atoms with van der Waals surface area (Å²) < 4.78 is 0. The molecule has 0 aromatic heterocycles. The van der Waals surface area contributed by atoms with E-state index >= 15 is 0 Å². The molecule has 9 heavy (non-hydrogen) atoms. The summed E-state index contributed by atoms with van der Waals surface area (Å²) in [5.41, 5.74) is 0.449. The number of nitrogens with zero attached hydrogens (tertiary/aromatic N) is 1. The number of hydrogen-bond acceptors (Lipinski definition) is 2. The third-order valence-electron chi connectivity index (χ3n) is 1.16. The van der Waals surface area contributed by atoms with Gasteiger partial charge in [0.05, 0.1) is 6.54 Å².